The summed E-state index contributed by atoms with van der Waals surface area (Å²) in [7, 11) is 1.56. The second-order valence-corrected chi connectivity index (χ2v) is 9.71. The lowest BCUT2D eigenvalue weighted by atomic mass is 9.87. The van der Waals surface area contributed by atoms with Gasteiger partial charge in [-0.15, -0.1) is 0 Å². The van der Waals surface area contributed by atoms with Gasteiger partial charge in [0.15, 0.2) is 18.5 Å². The highest BCUT2D eigenvalue weighted by Crippen LogP contribution is 2.41. The minimum atomic E-state index is -4.64. The highest BCUT2D eigenvalue weighted by Gasteiger charge is 2.39. The number of nitrogens with zero attached hydrogens (tertiary/aromatic N) is 6. The molecule has 0 saturated heterocycles. The van der Waals surface area contributed by atoms with Crippen molar-refractivity contribution in [2.45, 2.75) is 58.7 Å². The smallest absolute Gasteiger partial charge is 0.435 e. The number of rotatable bonds is 7. The van der Waals surface area contributed by atoms with Crippen LogP contribution in [0.2, 0.25) is 0 Å². The molecular formula is C28H30F3N6O2+. The SMILES string of the molecule is CCn1cc(-c2cc(C[N+]3=CC=NC3C)cc3c2CCN([C@@H](C)c2cc(OC)ccn2)C3=O)c(C(F)(F)F)n1. The number of pyridine rings is 1. The molecule has 39 heavy (non-hydrogen) atoms. The van der Waals surface area contributed by atoms with Crippen molar-refractivity contribution >= 4 is 18.3 Å². The summed E-state index contributed by atoms with van der Waals surface area (Å²) in [5, 5.41) is 3.83. The fourth-order valence-electron chi connectivity index (χ4n) is 5.17. The van der Waals surface area contributed by atoms with Crippen molar-refractivity contribution in [2.75, 3.05) is 13.7 Å². The van der Waals surface area contributed by atoms with Crippen LogP contribution in [-0.2, 0) is 25.7 Å². The van der Waals surface area contributed by atoms with Gasteiger partial charge in [-0.25, -0.2) is 9.57 Å². The van der Waals surface area contributed by atoms with Gasteiger partial charge in [0.1, 0.15) is 5.75 Å². The Kier molecular flexibility index (Phi) is 7.00. The first-order valence-corrected chi connectivity index (χ1v) is 12.8. The van der Waals surface area contributed by atoms with Crippen molar-refractivity contribution < 1.29 is 27.3 Å². The van der Waals surface area contributed by atoms with Crippen LogP contribution in [0, 0.1) is 0 Å². The molecule has 4 heterocycles. The minimum absolute atomic E-state index is 0.0130. The molecule has 0 N–H and O–H groups in total. The van der Waals surface area contributed by atoms with Gasteiger partial charge in [0.25, 0.3) is 5.91 Å². The molecule has 0 bridgehead atoms. The van der Waals surface area contributed by atoms with Crippen molar-refractivity contribution in [3.63, 3.8) is 0 Å². The average molecular weight is 540 g/mol. The molecular weight excluding hydrogens is 509 g/mol. The molecule has 0 fully saturated rings. The van der Waals surface area contributed by atoms with E-state index in [0.29, 0.717) is 54.2 Å². The quantitative estimate of drug-likeness (QED) is 0.406. The van der Waals surface area contributed by atoms with Crippen molar-refractivity contribution in [3.05, 3.63) is 64.7 Å². The van der Waals surface area contributed by atoms with Gasteiger partial charge in [-0.1, -0.05) is 0 Å². The van der Waals surface area contributed by atoms with Crippen LogP contribution in [0.4, 0.5) is 13.2 Å². The number of aliphatic imine (C=N–C) groups is 1. The van der Waals surface area contributed by atoms with Crippen LogP contribution < -0.4 is 4.74 Å². The summed E-state index contributed by atoms with van der Waals surface area (Å²) in [5.74, 6) is 0.384. The van der Waals surface area contributed by atoms with E-state index in [1.807, 2.05) is 24.6 Å². The zero-order chi connectivity index (χ0) is 27.9. The number of ether oxygens (including phenoxy) is 1. The second kappa shape index (κ2) is 10.3. The Hall–Kier alpha value is -4.02. The molecule has 0 saturated carbocycles. The Bertz CT molecular complexity index is 1480. The first-order valence-electron chi connectivity index (χ1n) is 12.8. The molecule has 5 rings (SSSR count). The third kappa shape index (κ3) is 5.05. The lowest BCUT2D eigenvalue weighted by Crippen LogP contribution is -2.40. The number of aryl methyl sites for hydroxylation is 1. The maximum Gasteiger partial charge on any atom is 0.435 e. The van der Waals surface area contributed by atoms with Crippen molar-refractivity contribution in [1.82, 2.24) is 19.7 Å². The summed E-state index contributed by atoms with van der Waals surface area (Å²) < 4.78 is 50.8. The van der Waals surface area contributed by atoms with Crippen LogP contribution >= 0.6 is 0 Å². The van der Waals surface area contributed by atoms with E-state index in [1.165, 1.54) is 10.9 Å². The molecule has 8 nitrogen and oxygen atoms in total. The van der Waals surface area contributed by atoms with E-state index in [1.54, 1.807) is 55.6 Å². The average Bonchev–Trinajstić information content (AvgIpc) is 3.54. The Balaban J connectivity index is 1.62. The zero-order valence-corrected chi connectivity index (χ0v) is 22.2. The molecule has 1 aromatic carbocycles. The molecule has 204 valence electrons. The summed E-state index contributed by atoms with van der Waals surface area (Å²) >= 11 is 0. The molecule has 1 unspecified atom stereocenters. The van der Waals surface area contributed by atoms with Crippen molar-refractivity contribution in [2.24, 2.45) is 4.99 Å². The second-order valence-electron chi connectivity index (χ2n) is 9.71. The molecule has 1 amide bonds. The van der Waals surface area contributed by atoms with E-state index in [0.717, 1.165) is 5.56 Å². The first kappa shape index (κ1) is 26.6. The molecule has 2 aliphatic rings. The van der Waals surface area contributed by atoms with Gasteiger partial charge in [0.05, 0.1) is 25.1 Å². The Labute approximate surface area is 224 Å². The lowest BCUT2D eigenvalue weighted by molar-refractivity contribution is -0.567. The predicted molar refractivity (Wildman–Crippen MR) is 140 cm³/mol. The summed E-state index contributed by atoms with van der Waals surface area (Å²) in [6.45, 7) is 6.59. The number of benzene rings is 1. The van der Waals surface area contributed by atoms with Crippen LogP contribution in [0.1, 0.15) is 59.7 Å². The number of fused-ring (bicyclic) bond motifs is 1. The minimum Gasteiger partial charge on any atom is -0.497 e. The lowest BCUT2D eigenvalue weighted by Gasteiger charge is -2.34. The van der Waals surface area contributed by atoms with Gasteiger partial charge in [0.2, 0.25) is 6.17 Å². The molecule has 0 spiro atoms. The molecule has 2 atom stereocenters. The van der Waals surface area contributed by atoms with Crippen LogP contribution in [0.25, 0.3) is 11.1 Å². The summed E-state index contributed by atoms with van der Waals surface area (Å²) in [6, 6.07) is 6.72. The van der Waals surface area contributed by atoms with Gasteiger partial charge < -0.3 is 9.64 Å². The first-order chi connectivity index (χ1) is 18.6. The maximum absolute atomic E-state index is 14.1. The van der Waals surface area contributed by atoms with Crippen LogP contribution in [0.15, 0.2) is 41.7 Å². The van der Waals surface area contributed by atoms with E-state index in [2.05, 4.69) is 15.1 Å². The molecule has 3 aromatic rings. The number of aromatic nitrogens is 3. The maximum atomic E-state index is 14.1. The number of hydrogen-bond acceptors (Lipinski definition) is 5. The number of hydrogen-bond donors (Lipinski definition) is 0. The number of methoxy groups -OCH3 is 1. The van der Waals surface area contributed by atoms with E-state index >= 15 is 0 Å². The fourth-order valence-corrected chi connectivity index (χ4v) is 5.17. The van der Waals surface area contributed by atoms with Crippen LogP contribution in [0.5, 0.6) is 5.75 Å². The molecule has 2 aliphatic heterocycles. The van der Waals surface area contributed by atoms with Gasteiger partial charge in [-0.2, -0.15) is 18.3 Å². The Morgan fingerprint density at radius 2 is 1.97 bits per heavy atom. The normalized spacial score (nSPS) is 17.8. The van der Waals surface area contributed by atoms with Gasteiger partial charge in [-0.05, 0) is 49.6 Å². The third-order valence-electron chi connectivity index (χ3n) is 7.34. The van der Waals surface area contributed by atoms with E-state index in [4.69, 9.17) is 4.74 Å². The van der Waals surface area contributed by atoms with E-state index < -0.39 is 11.9 Å². The van der Waals surface area contributed by atoms with E-state index in [-0.39, 0.29) is 23.7 Å². The monoisotopic (exact) mass is 539 g/mol. The topological polar surface area (TPSA) is 75.6 Å². The predicted octanol–water partition coefficient (Wildman–Crippen LogP) is 4.77. The third-order valence-corrected chi connectivity index (χ3v) is 7.34. The highest BCUT2D eigenvalue weighted by atomic mass is 19.4. The standard InChI is InChI=1S/C28H30F3N6O2/c1-5-36-16-24(26(34-36)28(29,30)31)22-12-19(15-35-11-9-32-18(35)3)13-23-21(22)7-10-37(27(23)38)17(2)25-14-20(39-4)6-8-33-25/h6,8-9,11-14,16-18H,5,7,10,15H2,1-4H3/q+1/t17-,18?/m0/s1. The van der Waals surface area contributed by atoms with Crippen LogP contribution in [-0.4, -0.2) is 62.4 Å². The largest absolute Gasteiger partial charge is 0.497 e. The van der Waals surface area contributed by atoms with Crippen molar-refractivity contribution in [3.8, 4) is 16.9 Å². The fraction of sp³-hybridized carbons (Fsp3) is 0.393. The van der Waals surface area contributed by atoms with Gasteiger partial charge in [0, 0.05) is 55.2 Å². The number of carbonyl (C=O) groups is 1. The summed E-state index contributed by atoms with van der Waals surface area (Å²) in [5.41, 5.74) is 1.82. The number of carbonyl (C=O) groups excluding carboxylic acids is 1. The summed E-state index contributed by atoms with van der Waals surface area (Å²) in [6.07, 6.45) is 2.25. The number of amides is 1. The molecule has 11 heteroatoms. The molecule has 0 aliphatic carbocycles. The Morgan fingerprint density at radius 1 is 1.21 bits per heavy atom. The van der Waals surface area contributed by atoms with Crippen LogP contribution in [0.3, 0.4) is 0 Å². The zero-order valence-electron chi connectivity index (χ0n) is 22.2. The Morgan fingerprint density at radius 3 is 2.64 bits per heavy atom. The van der Waals surface area contributed by atoms with Gasteiger partial charge >= 0.3 is 6.18 Å². The van der Waals surface area contributed by atoms with Gasteiger partial charge in [-0.3, -0.25) is 14.5 Å². The van der Waals surface area contributed by atoms with E-state index in [9.17, 15) is 18.0 Å². The number of alkyl halides is 3. The molecule has 0 radical (unpaired) electrons. The number of halogens is 3. The summed E-state index contributed by atoms with van der Waals surface area (Å²) in [4.78, 5) is 24.4. The van der Waals surface area contributed by atoms with Crippen molar-refractivity contribution in [1.29, 1.82) is 0 Å². The highest BCUT2D eigenvalue weighted by molar-refractivity contribution is 6.14. The molecule has 2 aromatic heterocycles.